The van der Waals surface area contributed by atoms with E-state index in [9.17, 15) is 4.79 Å². The van der Waals surface area contributed by atoms with Gasteiger partial charge in [-0.25, -0.2) is 0 Å². The highest BCUT2D eigenvalue weighted by Crippen LogP contribution is 2.38. The first-order valence-electron chi connectivity index (χ1n) is 8.59. The number of hydrogen-bond donors (Lipinski definition) is 1. The first kappa shape index (κ1) is 16.3. The number of nitrogens with zero attached hydrogens (tertiary/aromatic N) is 2. The van der Waals surface area contributed by atoms with Gasteiger partial charge in [0.2, 0.25) is 5.89 Å². The molecule has 3 aromatic rings. The van der Waals surface area contributed by atoms with Crippen molar-refractivity contribution < 1.29 is 14.1 Å². The van der Waals surface area contributed by atoms with Crippen LogP contribution in [0.25, 0.3) is 0 Å². The number of para-hydroxylation sites is 2. The summed E-state index contributed by atoms with van der Waals surface area (Å²) in [6.07, 6.45) is 2.73. The molecule has 0 aliphatic heterocycles. The fraction of sp³-hybridized carbons (Fsp3) is 0.250. The molecule has 4 rings (SSSR count). The second-order valence-electron chi connectivity index (χ2n) is 6.31. The van der Waals surface area contributed by atoms with Crippen molar-refractivity contribution in [3.63, 3.8) is 0 Å². The molecule has 0 atom stereocenters. The third kappa shape index (κ3) is 3.44. The number of aromatic nitrogens is 2. The Morgan fingerprint density at radius 3 is 2.77 bits per heavy atom. The van der Waals surface area contributed by atoms with Crippen molar-refractivity contribution in [2.24, 2.45) is 0 Å². The Kier molecular flexibility index (Phi) is 4.39. The van der Waals surface area contributed by atoms with Gasteiger partial charge in [-0.1, -0.05) is 35.5 Å². The lowest BCUT2D eigenvalue weighted by Gasteiger charge is -2.12. The van der Waals surface area contributed by atoms with Crippen molar-refractivity contribution in [2.75, 3.05) is 12.4 Å². The molecule has 1 aliphatic rings. The van der Waals surface area contributed by atoms with Crippen LogP contribution in [0.15, 0.2) is 53.1 Å². The molecule has 0 radical (unpaired) electrons. The Labute approximate surface area is 151 Å². The van der Waals surface area contributed by atoms with E-state index in [1.165, 1.54) is 0 Å². The zero-order chi connectivity index (χ0) is 17.9. The molecular formula is C20H19N3O3. The zero-order valence-corrected chi connectivity index (χ0v) is 14.4. The summed E-state index contributed by atoms with van der Waals surface area (Å²) in [4.78, 5) is 17.1. The van der Waals surface area contributed by atoms with Gasteiger partial charge in [-0.3, -0.25) is 4.79 Å². The summed E-state index contributed by atoms with van der Waals surface area (Å²) >= 11 is 0. The van der Waals surface area contributed by atoms with E-state index in [1.807, 2.05) is 30.3 Å². The zero-order valence-electron chi connectivity index (χ0n) is 14.4. The summed E-state index contributed by atoms with van der Waals surface area (Å²) in [6.45, 7) is 0. The first-order chi connectivity index (χ1) is 12.7. The number of hydrogen-bond acceptors (Lipinski definition) is 5. The molecule has 1 aliphatic carbocycles. The van der Waals surface area contributed by atoms with E-state index < -0.39 is 0 Å². The number of nitrogens with one attached hydrogen (secondary N) is 1. The van der Waals surface area contributed by atoms with Crippen molar-refractivity contribution >= 4 is 11.6 Å². The minimum Gasteiger partial charge on any atom is -0.496 e. The van der Waals surface area contributed by atoms with Crippen molar-refractivity contribution in [3.8, 4) is 5.75 Å². The Balaban J connectivity index is 1.54. The normalized spacial score (nSPS) is 13.4. The summed E-state index contributed by atoms with van der Waals surface area (Å²) in [5, 5.41) is 7.00. The molecule has 1 amide bonds. The fourth-order valence-corrected chi connectivity index (χ4v) is 2.83. The smallest absolute Gasteiger partial charge is 0.259 e. The van der Waals surface area contributed by atoms with Gasteiger partial charge in [0.05, 0.1) is 19.1 Å². The summed E-state index contributed by atoms with van der Waals surface area (Å²) < 4.78 is 10.6. The second-order valence-corrected chi connectivity index (χ2v) is 6.31. The molecule has 0 saturated heterocycles. The van der Waals surface area contributed by atoms with Gasteiger partial charge >= 0.3 is 0 Å². The van der Waals surface area contributed by atoms with Gasteiger partial charge in [-0.05, 0) is 36.6 Å². The number of amides is 1. The predicted octanol–water partition coefficient (Wildman–Crippen LogP) is 3.80. The van der Waals surface area contributed by atoms with Gasteiger partial charge in [0.15, 0.2) is 5.82 Å². The monoisotopic (exact) mass is 349 g/mol. The Morgan fingerprint density at radius 1 is 1.19 bits per heavy atom. The van der Waals surface area contributed by atoms with Crippen LogP contribution >= 0.6 is 0 Å². The number of rotatable bonds is 6. The van der Waals surface area contributed by atoms with Gasteiger partial charge < -0.3 is 14.6 Å². The molecule has 0 bridgehead atoms. The van der Waals surface area contributed by atoms with Crippen molar-refractivity contribution in [2.45, 2.75) is 25.2 Å². The van der Waals surface area contributed by atoms with Crippen LogP contribution in [0.4, 0.5) is 5.69 Å². The quantitative estimate of drug-likeness (QED) is 0.732. The lowest BCUT2D eigenvalue weighted by Crippen LogP contribution is -2.14. The van der Waals surface area contributed by atoms with Gasteiger partial charge in [0.1, 0.15) is 5.75 Å². The highest BCUT2D eigenvalue weighted by molar-refractivity contribution is 6.06. The largest absolute Gasteiger partial charge is 0.496 e. The number of carbonyl (C=O) groups excluding carboxylic acids is 1. The lowest BCUT2D eigenvalue weighted by atomic mass is 10.1. The predicted molar refractivity (Wildman–Crippen MR) is 96.5 cm³/mol. The molecule has 2 aromatic carbocycles. The van der Waals surface area contributed by atoms with E-state index in [-0.39, 0.29) is 5.91 Å². The van der Waals surface area contributed by atoms with Crippen LogP contribution in [0, 0.1) is 0 Å². The maximum atomic E-state index is 12.7. The minimum absolute atomic E-state index is 0.223. The Bertz CT molecular complexity index is 931. The second kappa shape index (κ2) is 7.00. The molecule has 26 heavy (non-hydrogen) atoms. The standard InChI is InChI=1S/C20H19N3O3/c1-25-17-9-5-3-7-15(17)20(24)21-16-8-4-2-6-14(16)12-18-22-19(23-26-18)13-10-11-13/h2-9,13H,10-12H2,1H3,(H,21,24). The van der Waals surface area contributed by atoms with Crippen LogP contribution in [0.5, 0.6) is 5.75 Å². The highest BCUT2D eigenvalue weighted by atomic mass is 16.5. The van der Waals surface area contributed by atoms with E-state index in [0.717, 1.165) is 29.9 Å². The molecule has 6 nitrogen and oxygen atoms in total. The maximum absolute atomic E-state index is 12.7. The van der Waals surface area contributed by atoms with Crippen LogP contribution in [0.2, 0.25) is 0 Å². The molecule has 132 valence electrons. The third-order valence-corrected chi connectivity index (χ3v) is 4.39. The van der Waals surface area contributed by atoms with Gasteiger partial charge in [0, 0.05) is 11.6 Å². The topological polar surface area (TPSA) is 77.2 Å². The fourth-order valence-electron chi connectivity index (χ4n) is 2.83. The number of ether oxygens (including phenoxy) is 1. The highest BCUT2D eigenvalue weighted by Gasteiger charge is 2.28. The molecular weight excluding hydrogens is 330 g/mol. The maximum Gasteiger partial charge on any atom is 0.259 e. The summed E-state index contributed by atoms with van der Waals surface area (Å²) in [5.74, 6) is 2.11. The number of anilines is 1. The first-order valence-corrected chi connectivity index (χ1v) is 8.59. The summed E-state index contributed by atoms with van der Waals surface area (Å²) in [7, 11) is 1.55. The summed E-state index contributed by atoms with van der Waals surface area (Å²) in [5.41, 5.74) is 2.12. The van der Waals surface area contributed by atoms with Crippen LogP contribution in [-0.2, 0) is 6.42 Å². The van der Waals surface area contributed by atoms with E-state index >= 15 is 0 Å². The van der Waals surface area contributed by atoms with Gasteiger partial charge in [-0.2, -0.15) is 4.98 Å². The Morgan fingerprint density at radius 2 is 1.96 bits per heavy atom. The Hall–Kier alpha value is -3.15. The van der Waals surface area contributed by atoms with Crippen molar-refractivity contribution in [1.82, 2.24) is 10.1 Å². The van der Waals surface area contributed by atoms with Crippen LogP contribution < -0.4 is 10.1 Å². The van der Waals surface area contributed by atoms with Crippen molar-refractivity contribution in [3.05, 3.63) is 71.4 Å². The van der Waals surface area contributed by atoms with E-state index in [0.29, 0.717) is 29.5 Å². The van der Waals surface area contributed by atoms with Crippen LogP contribution in [-0.4, -0.2) is 23.2 Å². The SMILES string of the molecule is COc1ccccc1C(=O)Nc1ccccc1Cc1nc(C2CC2)no1. The lowest BCUT2D eigenvalue weighted by molar-refractivity contribution is 0.102. The molecule has 1 saturated carbocycles. The van der Waals surface area contributed by atoms with Crippen molar-refractivity contribution in [1.29, 1.82) is 0 Å². The average molecular weight is 349 g/mol. The minimum atomic E-state index is -0.223. The van der Waals surface area contributed by atoms with Gasteiger partial charge in [-0.15, -0.1) is 0 Å². The number of carbonyl (C=O) groups is 1. The number of methoxy groups -OCH3 is 1. The third-order valence-electron chi connectivity index (χ3n) is 4.39. The van der Waals surface area contributed by atoms with Crippen LogP contribution in [0.1, 0.15) is 46.4 Å². The van der Waals surface area contributed by atoms with Gasteiger partial charge in [0.25, 0.3) is 5.91 Å². The summed E-state index contributed by atoms with van der Waals surface area (Å²) in [6, 6.07) is 14.7. The molecule has 1 aromatic heterocycles. The molecule has 0 unspecified atom stereocenters. The van der Waals surface area contributed by atoms with E-state index in [2.05, 4.69) is 15.5 Å². The molecule has 0 spiro atoms. The molecule has 6 heteroatoms. The number of benzene rings is 2. The molecule has 1 N–H and O–H groups in total. The van der Waals surface area contributed by atoms with Crippen LogP contribution in [0.3, 0.4) is 0 Å². The average Bonchev–Trinajstić information content (AvgIpc) is 3.42. The molecule has 1 heterocycles. The van der Waals surface area contributed by atoms with E-state index in [4.69, 9.17) is 9.26 Å². The van der Waals surface area contributed by atoms with E-state index in [1.54, 1.807) is 25.3 Å². The molecule has 1 fully saturated rings.